The Balaban J connectivity index is 2.05. The topological polar surface area (TPSA) is 66.4 Å². The first kappa shape index (κ1) is 16.2. The number of rotatable bonds is 6. The van der Waals surface area contributed by atoms with Crippen molar-refractivity contribution in [3.05, 3.63) is 51.7 Å². The zero-order chi connectivity index (χ0) is 15.5. The number of nitrogens with one attached hydrogen (secondary N) is 1. The van der Waals surface area contributed by atoms with Crippen molar-refractivity contribution in [2.45, 2.75) is 31.3 Å². The molecule has 4 nitrogen and oxygen atoms in total. The molecule has 0 bridgehead atoms. The Morgan fingerprint density at radius 1 is 1.24 bits per heavy atom. The van der Waals surface area contributed by atoms with Crippen molar-refractivity contribution in [2.75, 3.05) is 6.54 Å². The van der Waals surface area contributed by atoms with E-state index in [1.807, 2.05) is 25.3 Å². The zero-order valence-electron chi connectivity index (χ0n) is 12.0. The van der Waals surface area contributed by atoms with Gasteiger partial charge in [0.2, 0.25) is 10.0 Å². The van der Waals surface area contributed by atoms with Crippen molar-refractivity contribution in [1.82, 2.24) is 4.72 Å². The predicted octanol–water partition coefficient (Wildman–Crippen LogP) is 2.63. The van der Waals surface area contributed by atoms with Gasteiger partial charge in [0.15, 0.2) is 0 Å². The molecule has 2 rings (SSSR count). The normalized spacial score (nSPS) is 13.3. The maximum atomic E-state index is 12.2. The molecule has 0 saturated heterocycles. The molecule has 1 unspecified atom stereocenters. The van der Waals surface area contributed by atoms with Gasteiger partial charge < -0.3 is 5.11 Å². The van der Waals surface area contributed by atoms with E-state index in [1.54, 1.807) is 24.3 Å². The van der Waals surface area contributed by atoms with Gasteiger partial charge >= 0.3 is 0 Å². The Kier molecular flexibility index (Phi) is 5.16. The summed E-state index contributed by atoms with van der Waals surface area (Å²) >= 11 is 1.42. The molecule has 0 aliphatic carbocycles. The van der Waals surface area contributed by atoms with E-state index in [0.29, 0.717) is 0 Å². The van der Waals surface area contributed by atoms with Gasteiger partial charge in [0.05, 0.1) is 4.90 Å². The molecule has 1 aromatic carbocycles. The van der Waals surface area contributed by atoms with E-state index in [0.717, 1.165) is 22.4 Å². The van der Waals surface area contributed by atoms with Crippen molar-refractivity contribution in [2.24, 2.45) is 0 Å². The summed E-state index contributed by atoms with van der Waals surface area (Å²) in [6.45, 7) is 3.88. The minimum absolute atomic E-state index is 0.0286. The average molecular weight is 325 g/mol. The second-order valence-corrected chi connectivity index (χ2v) is 7.55. The highest BCUT2D eigenvalue weighted by molar-refractivity contribution is 7.89. The van der Waals surface area contributed by atoms with Crippen LogP contribution in [0.2, 0.25) is 0 Å². The molecule has 21 heavy (non-hydrogen) atoms. The summed E-state index contributed by atoms with van der Waals surface area (Å²) in [5, 5.41) is 11.9. The number of aliphatic hydroxyl groups is 1. The highest BCUT2D eigenvalue weighted by Gasteiger charge is 2.18. The van der Waals surface area contributed by atoms with Gasteiger partial charge in [-0.2, -0.15) is 0 Å². The Morgan fingerprint density at radius 3 is 2.43 bits per heavy atom. The fourth-order valence-corrected chi connectivity index (χ4v) is 3.95. The number of thiophene rings is 1. The first-order chi connectivity index (χ1) is 9.94. The Morgan fingerprint density at radius 2 is 1.90 bits per heavy atom. The average Bonchev–Trinajstić information content (AvgIpc) is 2.91. The van der Waals surface area contributed by atoms with Gasteiger partial charge in [-0.15, -0.1) is 11.3 Å². The molecule has 0 aliphatic heterocycles. The van der Waals surface area contributed by atoms with Gasteiger partial charge in [0, 0.05) is 11.4 Å². The maximum absolute atomic E-state index is 12.2. The van der Waals surface area contributed by atoms with Crippen LogP contribution in [0, 0.1) is 6.92 Å². The van der Waals surface area contributed by atoms with Crippen LogP contribution in [0.1, 0.15) is 29.0 Å². The molecule has 6 heteroatoms. The van der Waals surface area contributed by atoms with Gasteiger partial charge in [-0.3, -0.25) is 0 Å². The van der Waals surface area contributed by atoms with Crippen LogP contribution < -0.4 is 4.72 Å². The van der Waals surface area contributed by atoms with Crippen LogP contribution in [-0.2, 0) is 16.4 Å². The third-order valence-electron chi connectivity index (χ3n) is 3.31. The van der Waals surface area contributed by atoms with E-state index in [4.69, 9.17) is 0 Å². The summed E-state index contributed by atoms with van der Waals surface area (Å²) in [4.78, 5) is 1.01. The Bertz CT molecular complexity index is 690. The second-order valence-electron chi connectivity index (χ2n) is 4.83. The van der Waals surface area contributed by atoms with Gasteiger partial charge in [-0.05, 0) is 48.1 Å². The summed E-state index contributed by atoms with van der Waals surface area (Å²) < 4.78 is 26.8. The van der Waals surface area contributed by atoms with Gasteiger partial charge in [-0.1, -0.05) is 19.1 Å². The SMILES string of the molecule is CCc1ccc(S(=O)(=O)NCC(O)c2sccc2C)cc1. The van der Waals surface area contributed by atoms with Crippen LogP contribution in [0.25, 0.3) is 0 Å². The third-order valence-corrected chi connectivity index (χ3v) is 5.87. The number of hydrogen-bond acceptors (Lipinski definition) is 4. The van der Waals surface area contributed by atoms with E-state index < -0.39 is 16.1 Å². The smallest absolute Gasteiger partial charge is 0.240 e. The van der Waals surface area contributed by atoms with E-state index >= 15 is 0 Å². The minimum atomic E-state index is -3.59. The number of aliphatic hydroxyl groups excluding tert-OH is 1. The lowest BCUT2D eigenvalue weighted by Crippen LogP contribution is -2.28. The molecule has 2 N–H and O–H groups in total. The van der Waals surface area contributed by atoms with Crippen molar-refractivity contribution >= 4 is 21.4 Å². The zero-order valence-corrected chi connectivity index (χ0v) is 13.7. The summed E-state index contributed by atoms with van der Waals surface area (Å²) in [5.41, 5.74) is 2.06. The van der Waals surface area contributed by atoms with Crippen LogP contribution >= 0.6 is 11.3 Å². The summed E-state index contributed by atoms with van der Waals surface area (Å²) in [7, 11) is -3.59. The Hall–Kier alpha value is -1.21. The largest absolute Gasteiger partial charge is 0.386 e. The van der Waals surface area contributed by atoms with Crippen molar-refractivity contribution < 1.29 is 13.5 Å². The fourth-order valence-electron chi connectivity index (χ4n) is 1.99. The molecule has 2 aromatic rings. The Labute approximate surface area is 129 Å². The van der Waals surface area contributed by atoms with Gasteiger partial charge in [0.25, 0.3) is 0 Å². The molecule has 1 atom stereocenters. The fraction of sp³-hybridized carbons (Fsp3) is 0.333. The lowest BCUT2D eigenvalue weighted by atomic mass is 10.2. The first-order valence-corrected chi connectivity index (χ1v) is 9.11. The molecule has 0 radical (unpaired) electrons. The standard InChI is InChI=1S/C15H19NO3S2/c1-3-12-4-6-13(7-5-12)21(18,19)16-10-14(17)15-11(2)8-9-20-15/h4-9,14,16-17H,3,10H2,1-2H3. The van der Waals surface area contributed by atoms with E-state index in [-0.39, 0.29) is 11.4 Å². The van der Waals surface area contributed by atoms with E-state index in [2.05, 4.69) is 4.72 Å². The molecule has 0 saturated carbocycles. The quantitative estimate of drug-likeness (QED) is 0.858. The monoisotopic (exact) mass is 325 g/mol. The van der Waals surface area contributed by atoms with E-state index in [1.165, 1.54) is 11.3 Å². The molecule has 0 amide bonds. The summed E-state index contributed by atoms with van der Waals surface area (Å²) in [5.74, 6) is 0. The second kappa shape index (κ2) is 6.70. The molecular weight excluding hydrogens is 306 g/mol. The highest BCUT2D eigenvalue weighted by Crippen LogP contribution is 2.23. The van der Waals surface area contributed by atoms with Crippen molar-refractivity contribution in [3.63, 3.8) is 0 Å². The number of sulfonamides is 1. The highest BCUT2D eigenvalue weighted by atomic mass is 32.2. The summed E-state index contributed by atoms with van der Waals surface area (Å²) in [6, 6.07) is 8.68. The number of hydrogen-bond donors (Lipinski definition) is 2. The lowest BCUT2D eigenvalue weighted by Gasteiger charge is -2.12. The minimum Gasteiger partial charge on any atom is -0.386 e. The molecule has 1 heterocycles. The maximum Gasteiger partial charge on any atom is 0.240 e. The van der Waals surface area contributed by atoms with E-state index in [9.17, 15) is 13.5 Å². The predicted molar refractivity (Wildman–Crippen MR) is 85.0 cm³/mol. The third kappa shape index (κ3) is 3.91. The van der Waals surface area contributed by atoms with Crippen LogP contribution in [0.4, 0.5) is 0 Å². The lowest BCUT2D eigenvalue weighted by molar-refractivity contribution is 0.185. The van der Waals surface area contributed by atoms with Gasteiger partial charge in [-0.25, -0.2) is 13.1 Å². The summed E-state index contributed by atoms with van der Waals surface area (Å²) in [6.07, 6.45) is 0.0408. The first-order valence-electron chi connectivity index (χ1n) is 6.74. The molecule has 1 aromatic heterocycles. The molecule has 114 valence electrons. The number of aryl methyl sites for hydroxylation is 2. The molecular formula is C15H19NO3S2. The molecule has 0 aliphatic rings. The van der Waals surface area contributed by atoms with Crippen LogP contribution in [0.3, 0.4) is 0 Å². The number of benzene rings is 1. The van der Waals surface area contributed by atoms with Gasteiger partial charge in [0.1, 0.15) is 6.10 Å². The van der Waals surface area contributed by atoms with Crippen LogP contribution in [-0.4, -0.2) is 20.1 Å². The van der Waals surface area contributed by atoms with Crippen molar-refractivity contribution in [3.8, 4) is 0 Å². The molecule has 0 fully saturated rings. The molecule has 0 spiro atoms. The van der Waals surface area contributed by atoms with Crippen LogP contribution in [0.5, 0.6) is 0 Å². The van der Waals surface area contributed by atoms with Crippen LogP contribution in [0.15, 0.2) is 40.6 Å². The van der Waals surface area contributed by atoms with Crippen molar-refractivity contribution in [1.29, 1.82) is 0 Å².